The van der Waals surface area contributed by atoms with Crippen molar-refractivity contribution in [2.75, 3.05) is 13.1 Å². The highest BCUT2D eigenvalue weighted by Crippen LogP contribution is 2.40. The van der Waals surface area contributed by atoms with Gasteiger partial charge in [-0.1, -0.05) is 0 Å². The first-order valence-electron chi connectivity index (χ1n) is 8.32. The van der Waals surface area contributed by atoms with Crippen LogP contribution in [0.3, 0.4) is 0 Å². The highest BCUT2D eigenvalue weighted by atomic mass is 19.4. The van der Waals surface area contributed by atoms with Crippen LogP contribution in [0, 0.1) is 5.21 Å². The third-order valence-electron chi connectivity index (χ3n) is 4.08. The summed E-state index contributed by atoms with van der Waals surface area (Å²) in [7, 11) is 0. The smallest absolute Gasteiger partial charge is 0.410 e. The van der Waals surface area contributed by atoms with Crippen LogP contribution in [0.4, 0.5) is 26.7 Å². The van der Waals surface area contributed by atoms with E-state index in [0.29, 0.717) is 0 Å². The number of carbonyl (C=O) groups is 1. The summed E-state index contributed by atoms with van der Waals surface area (Å²) in [4.78, 5) is 13.3. The van der Waals surface area contributed by atoms with E-state index < -0.39 is 54.8 Å². The molecule has 2 heterocycles. The van der Waals surface area contributed by atoms with Gasteiger partial charge in [-0.2, -0.15) is 17.9 Å². The van der Waals surface area contributed by atoms with Gasteiger partial charge in [0.15, 0.2) is 6.20 Å². The molecule has 1 unspecified atom stereocenters. The zero-order valence-electron chi connectivity index (χ0n) is 15.1. The number of halogens is 5. The van der Waals surface area contributed by atoms with Crippen LogP contribution in [0.5, 0.6) is 0 Å². The molecule has 10 heteroatoms. The molecule has 0 saturated carbocycles. The number of alkyl halides is 5. The van der Waals surface area contributed by atoms with Crippen LogP contribution in [0.25, 0.3) is 0 Å². The van der Waals surface area contributed by atoms with Crippen molar-refractivity contribution in [2.45, 2.75) is 57.2 Å². The molecule has 1 aliphatic heterocycles. The molecule has 1 atom stereocenters. The van der Waals surface area contributed by atoms with E-state index in [1.165, 1.54) is 0 Å². The van der Waals surface area contributed by atoms with Crippen molar-refractivity contribution in [3.63, 3.8) is 0 Å². The Labute approximate surface area is 153 Å². The average molecular weight is 396 g/mol. The first kappa shape index (κ1) is 21.2. The van der Waals surface area contributed by atoms with Crippen LogP contribution in [0.1, 0.15) is 44.4 Å². The normalized spacial score (nSPS) is 20.4. The average Bonchev–Trinajstić information content (AvgIpc) is 2.46. The molecule has 0 aromatic carbocycles. The molecule has 0 aliphatic carbocycles. The van der Waals surface area contributed by atoms with Crippen LogP contribution in [0.15, 0.2) is 18.3 Å². The van der Waals surface area contributed by atoms with Gasteiger partial charge in [0.05, 0.1) is 5.92 Å². The molecule has 0 N–H and O–H groups in total. The molecule has 2 rings (SSSR count). The van der Waals surface area contributed by atoms with Crippen LogP contribution < -0.4 is 4.73 Å². The summed E-state index contributed by atoms with van der Waals surface area (Å²) in [5, 5.41) is 11.6. The van der Waals surface area contributed by atoms with Crippen LogP contribution in [0.2, 0.25) is 0 Å². The number of carbonyl (C=O) groups excluding carboxylic acids is 1. The number of hydrogen-bond acceptors (Lipinski definition) is 3. The third kappa shape index (κ3) is 5.67. The first-order chi connectivity index (χ1) is 12.2. The Morgan fingerprint density at radius 1 is 1.37 bits per heavy atom. The zero-order chi connectivity index (χ0) is 20.6. The number of nitrogens with zero attached hydrogens (tertiary/aromatic N) is 2. The van der Waals surface area contributed by atoms with Crippen molar-refractivity contribution in [2.24, 2.45) is 0 Å². The Morgan fingerprint density at radius 3 is 2.56 bits per heavy atom. The van der Waals surface area contributed by atoms with Gasteiger partial charge in [0.1, 0.15) is 12.0 Å². The molecule has 0 bridgehead atoms. The molecule has 1 aliphatic rings. The standard InChI is InChI=1S/C17H21F5N2O3/c1-15(2,3)27-14(25)23-7-5-16(18,19)13(10-23)11-4-6-24(26)12(8-11)9-17(20,21)22/h4,6,8,13H,5,7,9-10H2,1-3H3. The van der Waals surface area contributed by atoms with E-state index in [1.807, 2.05) is 0 Å². The Kier molecular flexibility index (Phi) is 5.58. The maximum Gasteiger partial charge on any atom is 0.410 e. The van der Waals surface area contributed by atoms with Gasteiger partial charge in [-0.25, -0.2) is 13.6 Å². The summed E-state index contributed by atoms with van der Waals surface area (Å²) in [5.74, 6) is -4.77. The van der Waals surface area contributed by atoms with Gasteiger partial charge < -0.3 is 14.8 Å². The summed E-state index contributed by atoms with van der Waals surface area (Å²) in [5.41, 5.74) is -1.61. The number of pyridine rings is 1. The van der Waals surface area contributed by atoms with E-state index in [0.717, 1.165) is 23.2 Å². The minimum absolute atomic E-state index is 0.00357. The summed E-state index contributed by atoms with van der Waals surface area (Å²) in [6, 6.07) is 1.89. The maximum absolute atomic E-state index is 14.4. The van der Waals surface area contributed by atoms with E-state index in [9.17, 15) is 32.0 Å². The largest absolute Gasteiger partial charge is 0.618 e. The number of likely N-dealkylation sites (tertiary alicyclic amines) is 1. The lowest BCUT2D eigenvalue weighted by molar-refractivity contribution is -0.615. The van der Waals surface area contributed by atoms with E-state index in [2.05, 4.69) is 0 Å². The molecule has 1 aromatic rings. The van der Waals surface area contributed by atoms with Crippen LogP contribution in [-0.4, -0.2) is 41.8 Å². The number of aromatic nitrogens is 1. The molecule has 1 fully saturated rings. The Morgan fingerprint density at radius 2 is 2.00 bits per heavy atom. The fraction of sp³-hybridized carbons (Fsp3) is 0.647. The van der Waals surface area contributed by atoms with Crippen molar-refractivity contribution in [3.8, 4) is 0 Å². The number of piperidine rings is 1. The van der Waals surface area contributed by atoms with Crippen molar-refractivity contribution in [3.05, 3.63) is 34.8 Å². The topological polar surface area (TPSA) is 56.5 Å². The van der Waals surface area contributed by atoms with Crippen molar-refractivity contribution in [1.29, 1.82) is 0 Å². The Balaban J connectivity index is 2.28. The minimum Gasteiger partial charge on any atom is -0.618 e. The quantitative estimate of drug-likeness (QED) is 0.434. The fourth-order valence-electron chi connectivity index (χ4n) is 2.85. The third-order valence-corrected chi connectivity index (χ3v) is 4.08. The molecule has 5 nitrogen and oxygen atoms in total. The van der Waals surface area contributed by atoms with Gasteiger partial charge in [0.2, 0.25) is 5.69 Å². The summed E-state index contributed by atoms with van der Waals surface area (Å²) < 4.78 is 71.8. The summed E-state index contributed by atoms with van der Waals surface area (Å²) in [6.45, 7) is 4.25. The Bertz CT molecular complexity index is 701. The number of rotatable bonds is 2. The molecule has 1 saturated heterocycles. The van der Waals surface area contributed by atoms with Crippen molar-refractivity contribution in [1.82, 2.24) is 4.90 Å². The van der Waals surface area contributed by atoms with Gasteiger partial charge in [0.25, 0.3) is 5.92 Å². The highest BCUT2D eigenvalue weighted by molar-refractivity contribution is 5.68. The predicted octanol–water partition coefficient (Wildman–Crippen LogP) is 3.78. The molecule has 0 spiro atoms. The molecule has 152 valence electrons. The van der Waals surface area contributed by atoms with Gasteiger partial charge in [-0.05, 0) is 26.3 Å². The lowest BCUT2D eigenvalue weighted by Gasteiger charge is -2.39. The zero-order valence-corrected chi connectivity index (χ0v) is 15.1. The second-order valence-corrected chi connectivity index (χ2v) is 7.56. The highest BCUT2D eigenvalue weighted by Gasteiger charge is 2.47. The van der Waals surface area contributed by atoms with Gasteiger partial charge in [0, 0.05) is 31.6 Å². The predicted molar refractivity (Wildman–Crippen MR) is 85.3 cm³/mol. The second kappa shape index (κ2) is 7.12. The van der Waals surface area contributed by atoms with E-state index in [-0.39, 0.29) is 16.8 Å². The van der Waals surface area contributed by atoms with E-state index in [1.54, 1.807) is 20.8 Å². The molecule has 0 radical (unpaired) electrons. The van der Waals surface area contributed by atoms with Crippen LogP contribution in [-0.2, 0) is 11.2 Å². The van der Waals surface area contributed by atoms with Gasteiger partial charge in [-0.3, -0.25) is 0 Å². The number of ether oxygens (including phenoxy) is 1. The lowest BCUT2D eigenvalue weighted by atomic mass is 9.87. The Hall–Kier alpha value is -2.13. The van der Waals surface area contributed by atoms with E-state index in [4.69, 9.17) is 4.74 Å². The number of hydrogen-bond donors (Lipinski definition) is 0. The summed E-state index contributed by atoms with van der Waals surface area (Å²) >= 11 is 0. The molecular weight excluding hydrogens is 375 g/mol. The maximum atomic E-state index is 14.4. The SMILES string of the molecule is CC(C)(C)OC(=O)N1CCC(F)(F)C(c2cc[n+]([O-])c(CC(F)(F)F)c2)C1. The van der Waals surface area contributed by atoms with Crippen molar-refractivity contribution < 1.29 is 36.2 Å². The van der Waals surface area contributed by atoms with Crippen molar-refractivity contribution >= 4 is 6.09 Å². The summed E-state index contributed by atoms with van der Waals surface area (Å²) in [6.07, 6.45) is -6.83. The van der Waals surface area contributed by atoms with Crippen LogP contribution >= 0.6 is 0 Å². The first-order valence-corrected chi connectivity index (χ1v) is 8.32. The molecule has 27 heavy (non-hydrogen) atoms. The lowest BCUT2D eigenvalue weighted by Crippen LogP contribution is -2.49. The monoisotopic (exact) mass is 396 g/mol. The van der Waals surface area contributed by atoms with Gasteiger partial charge in [-0.15, -0.1) is 0 Å². The fourth-order valence-corrected chi connectivity index (χ4v) is 2.85. The molecular formula is C17H21F5N2O3. The van der Waals surface area contributed by atoms with E-state index >= 15 is 0 Å². The second-order valence-electron chi connectivity index (χ2n) is 7.56. The number of amides is 1. The minimum atomic E-state index is -4.65. The molecule has 1 amide bonds. The molecule has 1 aromatic heterocycles. The van der Waals surface area contributed by atoms with Gasteiger partial charge >= 0.3 is 12.3 Å².